The van der Waals surface area contributed by atoms with Gasteiger partial charge in [0.25, 0.3) is 5.91 Å². The number of carbonyl (C=O) groups excluding carboxylic acids is 1. The summed E-state index contributed by atoms with van der Waals surface area (Å²) in [5.41, 5.74) is 2.38. The predicted octanol–water partition coefficient (Wildman–Crippen LogP) is 3.35. The van der Waals surface area contributed by atoms with E-state index in [9.17, 15) is 4.79 Å². The van der Waals surface area contributed by atoms with E-state index in [4.69, 9.17) is 9.84 Å². The lowest BCUT2D eigenvalue weighted by Crippen LogP contribution is -2.26. The van der Waals surface area contributed by atoms with Crippen molar-refractivity contribution in [2.45, 2.75) is 0 Å². The van der Waals surface area contributed by atoms with Crippen LogP contribution in [0.1, 0.15) is 21.5 Å². The molecule has 0 radical (unpaired) electrons. The summed E-state index contributed by atoms with van der Waals surface area (Å²) in [6.45, 7) is 0.146. The van der Waals surface area contributed by atoms with Crippen molar-refractivity contribution in [3.63, 3.8) is 0 Å². The Labute approximate surface area is 143 Å². The molecule has 0 aliphatic heterocycles. The van der Waals surface area contributed by atoms with Gasteiger partial charge >= 0.3 is 0 Å². The molecule has 0 saturated carbocycles. The summed E-state index contributed by atoms with van der Waals surface area (Å²) in [5, 5.41) is 11.4. The zero-order chi connectivity index (χ0) is 16.7. The average molecular weight is 376 g/mol. The fourth-order valence-corrected chi connectivity index (χ4v) is 2.30. The largest absolute Gasteiger partial charge is 0.496 e. The zero-order valence-electron chi connectivity index (χ0n) is 12.8. The molecule has 1 amide bonds. The number of nitrogens with one attached hydrogen (secondary N) is 1. The minimum absolute atomic E-state index is 0.0851. The molecule has 0 saturated heterocycles. The SMILES string of the molecule is COc1ccc(C(=O)NCCO)cc1/C=C/c1ccc(Br)cc1. The van der Waals surface area contributed by atoms with Crippen molar-refractivity contribution in [2.24, 2.45) is 0 Å². The number of methoxy groups -OCH3 is 1. The van der Waals surface area contributed by atoms with Gasteiger partial charge in [0.05, 0.1) is 13.7 Å². The van der Waals surface area contributed by atoms with Crippen LogP contribution in [0, 0.1) is 0 Å². The molecule has 4 nitrogen and oxygen atoms in total. The third-order valence-electron chi connectivity index (χ3n) is 3.21. The Morgan fingerprint density at radius 3 is 2.61 bits per heavy atom. The third-order valence-corrected chi connectivity index (χ3v) is 3.74. The highest BCUT2D eigenvalue weighted by Gasteiger charge is 2.08. The van der Waals surface area contributed by atoms with Gasteiger partial charge in [-0.3, -0.25) is 4.79 Å². The fraction of sp³-hybridized carbons (Fsp3) is 0.167. The van der Waals surface area contributed by atoms with Gasteiger partial charge in [0.15, 0.2) is 0 Å². The molecule has 2 rings (SSSR count). The molecule has 2 aromatic rings. The first-order valence-corrected chi connectivity index (χ1v) is 7.94. The van der Waals surface area contributed by atoms with Gasteiger partial charge in [0, 0.05) is 22.1 Å². The van der Waals surface area contributed by atoms with Crippen molar-refractivity contribution in [3.8, 4) is 5.75 Å². The fourth-order valence-electron chi connectivity index (χ4n) is 2.04. The van der Waals surface area contributed by atoms with Crippen LogP contribution in [-0.4, -0.2) is 31.3 Å². The maximum absolute atomic E-state index is 12.0. The first-order chi connectivity index (χ1) is 11.1. The van der Waals surface area contributed by atoms with Gasteiger partial charge in [-0.25, -0.2) is 0 Å². The molecule has 0 atom stereocenters. The quantitative estimate of drug-likeness (QED) is 0.761. The standard InChI is InChI=1S/C18H18BrNO3/c1-23-17-9-6-15(18(22)20-10-11-21)12-14(17)5-2-13-3-7-16(19)8-4-13/h2-9,12,21H,10-11H2,1H3,(H,20,22)/b5-2+. The van der Waals surface area contributed by atoms with Gasteiger partial charge in [0.2, 0.25) is 0 Å². The van der Waals surface area contributed by atoms with Crippen LogP contribution < -0.4 is 10.1 Å². The van der Waals surface area contributed by atoms with Crippen LogP contribution in [0.2, 0.25) is 0 Å². The minimum atomic E-state index is -0.222. The molecule has 2 N–H and O–H groups in total. The molecule has 5 heteroatoms. The minimum Gasteiger partial charge on any atom is -0.496 e. The van der Waals surface area contributed by atoms with Crippen LogP contribution >= 0.6 is 15.9 Å². The number of rotatable bonds is 6. The first kappa shape index (κ1) is 17.2. The number of ether oxygens (including phenoxy) is 1. The average Bonchev–Trinajstić information content (AvgIpc) is 2.58. The van der Waals surface area contributed by atoms with Crippen molar-refractivity contribution in [1.82, 2.24) is 5.32 Å². The highest BCUT2D eigenvalue weighted by atomic mass is 79.9. The molecule has 23 heavy (non-hydrogen) atoms. The van der Waals surface area contributed by atoms with E-state index < -0.39 is 0 Å². The molecule has 0 aliphatic rings. The number of halogens is 1. The van der Waals surface area contributed by atoms with E-state index in [0.717, 1.165) is 15.6 Å². The van der Waals surface area contributed by atoms with Crippen molar-refractivity contribution < 1.29 is 14.6 Å². The van der Waals surface area contributed by atoms with E-state index in [1.165, 1.54) is 0 Å². The summed E-state index contributed by atoms with van der Waals surface area (Å²) < 4.78 is 6.36. The molecule has 0 aromatic heterocycles. The third kappa shape index (κ3) is 4.94. The monoisotopic (exact) mass is 375 g/mol. The highest BCUT2D eigenvalue weighted by Crippen LogP contribution is 2.23. The topological polar surface area (TPSA) is 58.6 Å². The molecule has 0 fully saturated rings. The number of carbonyl (C=O) groups is 1. The van der Waals surface area contributed by atoms with Gasteiger partial charge in [-0.15, -0.1) is 0 Å². The van der Waals surface area contributed by atoms with E-state index in [1.54, 1.807) is 25.3 Å². The van der Waals surface area contributed by atoms with E-state index in [-0.39, 0.29) is 19.1 Å². The second-order valence-corrected chi connectivity index (χ2v) is 5.74. The van der Waals surface area contributed by atoms with Crippen LogP contribution in [0.15, 0.2) is 46.9 Å². The van der Waals surface area contributed by atoms with Crippen LogP contribution in [-0.2, 0) is 0 Å². The molecule has 0 unspecified atom stereocenters. The summed E-state index contributed by atoms with van der Waals surface area (Å²) in [6.07, 6.45) is 3.87. The Morgan fingerprint density at radius 2 is 1.96 bits per heavy atom. The van der Waals surface area contributed by atoms with Gasteiger partial charge in [-0.05, 0) is 35.9 Å². The van der Waals surface area contributed by atoms with E-state index in [2.05, 4.69) is 21.2 Å². The first-order valence-electron chi connectivity index (χ1n) is 7.15. The number of amides is 1. The van der Waals surface area contributed by atoms with Gasteiger partial charge in [0.1, 0.15) is 5.75 Å². The molecule has 0 bridgehead atoms. The van der Waals surface area contributed by atoms with Crippen molar-refractivity contribution in [2.75, 3.05) is 20.3 Å². The zero-order valence-corrected chi connectivity index (χ0v) is 14.3. The Kier molecular flexibility index (Phi) is 6.38. The Hall–Kier alpha value is -2.11. The van der Waals surface area contributed by atoms with E-state index in [0.29, 0.717) is 11.3 Å². The second kappa shape index (κ2) is 8.50. The van der Waals surface area contributed by atoms with Crippen molar-refractivity contribution >= 4 is 34.0 Å². The lowest BCUT2D eigenvalue weighted by Gasteiger charge is -2.08. The van der Waals surface area contributed by atoms with E-state index >= 15 is 0 Å². The van der Waals surface area contributed by atoms with Crippen LogP contribution in [0.25, 0.3) is 12.2 Å². The molecule has 0 spiro atoms. The second-order valence-electron chi connectivity index (χ2n) is 4.82. The van der Waals surface area contributed by atoms with Crippen LogP contribution in [0.4, 0.5) is 0 Å². The summed E-state index contributed by atoms with van der Waals surface area (Å²) in [6, 6.07) is 13.1. The summed E-state index contributed by atoms with van der Waals surface area (Å²) in [5.74, 6) is 0.470. The molecule has 0 heterocycles. The maximum Gasteiger partial charge on any atom is 0.251 e. The van der Waals surface area contributed by atoms with Crippen molar-refractivity contribution in [1.29, 1.82) is 0 Å². The van der Waals surface area contributed by atoms with E-state index in [1.807, 2.05) is 36.4 Å². The molecular weight excluding hydrogens is 358 g/mol. The number of hydrogen-bond acceptors (Lipinski definition) is 3. The van der Waals surface area contributed by atoms with Crippen LogP contribution in [0.5, 0.6) is 5.75 Å². The molecular formula is C18H18BrNO3. The van der Waals surface area contributed by atoms with Gasteiger partial charge in [-0.1, -0.05) is 40.2 Å². The summed E-state index contributed by atoms with van der Waals surface area (Å²) in [7, 11) is 1.60. The Morgan fingerprint density at radius 1 is 1.22 bits per heavy atom. The molecule has 120 valence electrons. The summed E-state index contributed by atoms with van der Waals surface area (Å²) in [4.78, 5) is 12.0. The smallest absolute Gasteiger partial charge is 0.251 e. The number of hydrogen-bond donors (Lipinski definition) is 2. The Bertz CT molecular complexity index is 696. The number of aliphatic hydroxyl groups is 1. The highest BCUT2D eigenvalue weighted by molar-refractivity contribution is 9.10. The van der Waals surface area contributed by atoms with Crippen molar-refractivity contribution in [3.05, 3.63) is 63.6 Å². The normalized spacial score (nSPS) is 10.7. The van der Waals surface area contributed by atoms with Gasteiger partial charge < -0.3 is 15.2 Å². The summed E-state index contributed by atoms with van der Waals surface area (Å²) >= 11 is 3.40. The number of aliphatic hydroxyl groups excluding tert-OH is 1. The number of benzene rings is 2. The lowest BCUT2D eigenvalue weighted by atomic mass is 10.1. The molecule has 0 aliphatic carbocycles. The van der Waals surface area contributed by atoms with Crippen LogP contribution in [0.3, 0.4) is 0 Å². The molecule has 2 aromatic carbocycles. The van der Waals surface area contributed by atoms with Gasteiger partial charge in [-0.2, -0.15) is 0 Å². The maximum atomic E-state index is 12.0. The Balaban J connectivity index is 2.24. The lowest BCUT2D eigenvalue weighted by molar-refractivity contribution is 0.0944. The predicted molar refractivity (Wildman–Crippen MR) is 95.5 cm³/mol.